The molecule has 0 radical (unpaired) electrons. The van der Waals surface area contributed by atoms with Crippen LogP contribution in [-0.2, 0) is 0 Å². The number of hydrogen-bond donors (Lipinski definition) is 1. The fourth-order valence-electron chi connectivity index (χ4n) is 1.70. The van der Waals surface area contributed by atoms with Gasteiger partial charge >= 0.3 is 0 Å². The number of aryl methyl sites for hydroxylation is 2. The molecule has 1 aromatic rings. The number of ether oxygens (including phenoxy) is 1. The molecule has 1 unspecified atom stereocenters. The van der Waals surface area contributed by atoms with E-state index in [9.17, 15) is 0 Å². The summed E-state index contributed by atoms with van der Waals surface area (Å²) in [4.78, 5) is 0. The fourth-order valence-corrected chi connectivity index (χ4v) is 1.70. The summed E-state index contributed by atoms with van der Waals surface area (Å²) in [6, 6.07) is 4.29. The number of benzene rings is 1. The highest BCUT2D eigenvalue weighted by atomic mass is 16.5. The summed E-state index contributed by atoms with van der Waals surface area (Å²) in [5, 5.41) is 3.41. The number of fused-ring (bicyclic) bond motifs is 1. The highest BCUT2D eigenvalue weighted by Crippen LogP contribution is 2.32. The average Bonchev–Trinajstić information content (AvgIpc) is 2.19. The zero-order chi connectivity index (χ0) is 10.1. The van der Waals surface area contributed by atoms with Gasteiger partial charge in [-0.15, -0.1) is 0 Å². The van der Waals surface area contributed by atoms with Gasteiger partial charge in [-0.2, -0.15) is 0 Å². The van der Waals surface area contributed by atoms with Crippen LogP contribution < -0.4 is 10.1 Å². The van der Waals surface area contributed by atoms with E-state index >= 15 is 0 Å². The smallest absolute Gasteiger partial charge is 0.143 e. The van der Waals surface area contributed by atoms with Crippen molar-refractivity contribution in [3.63, 3.8) is 0 Å². The molecule has 1 N–H and O–H groups in total. The van der Waals surface area contributed by atoms with E-state index in [0.717, 1.165) is 24.4 Å². The minimum Gasteiger partial charge on any atom is -0.486 e. The molecular weight excluding hydrogens is 174 g/mol. The maximum Gasteiger partial charge on any atom is 0.143 e. The summed E-state index contributed by atoms with van der Waals surface area (Å²) >= 11 is 0. The highest BCUT2D eigenvalue weighted by Gasteiger charge is 2.17. The third-order valence-electron chi connectivity index (χ3n) is 2.87. The van der Waals surface area contributed by atoms with Gasteiger partial charge in [0.1, 0.15) is 11.9 Å². The minimum absolute atomic E-state index is 0.324. The second-order valence-electron chi connectivity index (χ2n) is 3.96. The Hall–Kier alpha value is -1.18. The zero-order valence-electron chi connectivity index (χ0n) is 9.05. The predicted octanol–water partition coefficient (Wildman–Crippen LogP) is 2.89. The van der Waals surface area contributed by atoms with Crippen LogP contribution in [0.4, 0.5) is 5.69 Å². The minimum atomic E-state index is 0.324. The van der Waals surface area contributed by atoms with Crippen molar-refractivity contribution in [2.75, 3.05) is 11.9 Å². The van der Waals surface area contributed by atoms with E-state index in [1.54, 1.807) is 0 Å². The Bertz CT molecular complexity index is 346. The van der Waals surface area contributed by atoms with E-state index in [-0.39, 0.29) is 0 Å². The van der Waals surface area contributed by atoms with E-state index < -0.39 is 0 Å². The van der Waals surface area contributed by atoms with Crippen LogP contribution in [0.2, 0.25) is 0 Å². The lowest BCUT2D eigenvalue weighted by Crippen LogP contribution is -2.30. The first kappa shape index (κ1) is 9.38. The van der Waals surface area contributed by atoms with Crippen LogP contribution in [0.25, 0.3) is 0 Å². The number of hydrogen-bond acceptors (Lipinski definition) is 2. The summed E-state index contributed by atoms with van der Waals surface area (Å²) in [7, 11) is 0. The molecule has 0 aromatic heterocycles. The van der Waals surface area contributed by atoms with Crippen molar-refractivity contribution in [3.8, 4) is 5.75 Å². The highest BCUT2D eigenvalue weighted by molar-refractivity contribution is 5.61. The third-order valence-corrected chi connectivity index (χ3v) is 2.87. The molecule has 2 nitrogen and oxygen atoms in total. The Balaban J connectivity index is 2.33. The van der Waals surface area contributed by atoms with Crippen molar-refractivity contribution >= 4 is 5.69 Å². The maximum atomic E-state index is 5.85. The standard InChI is InChI=1S/C12H17NO/c1-4-10-7-13-11-5-8(2)9(3)6-12(11)14-10/h5-6,10,13H,4,7H2,1-3H3. The number of nitrogens with one attached hydrogen (secondary N) is 1. The van der Waals surface area contributed by atoms with Gasteiger partial charge in [-0.3, -0.25) is 0 Å². The zero-order valence-corrected chi connectivity index (χ0v) is 9.05. The summed E-state index contributed by atoms with van der Waals surface area (Å²) in [6.07, 6.45) is 1.38. The lowest BCUT2D eigenvalue weighted by molar-refractivity contribution is 0.201. The van der Waals surface area contributed by atoms with Crippen LogP contribution in [0.5, 0.6) is 5.75 Å². The molecule has 0 bridgehead atoms. The molecule has 1 aromatic carbocycles. The summed E-state index contributed by atoms with van der Waals surface area (Å²) in [5.74, 6) is 1.01. The third kappa shape index (κ3) is 1.57. The molecule has 0 amide bonds. The predicted molar refractivity (Wildman–Crippen MR) is 59.1 cm³/mol. The lowest BCUT2D eigenvalue weighted by atomic mass is 10.1. The monoisotopic (exact) mass is 191 g/mol. The Kier molecular flexibility index (Phi) is 2.36. The SMILES string of the molecule is CCC1CNc2cc(C)c(C)cc2O1. The van der Waals surface area contributed by atoms with Gasteiger partial charge in [-0.25, -0.2) is 0 Å². The molecule has 0 saturated heterocycles. The van der Waals surface area contributed by atoms with E-state index in [1.807, 2.05) is 0 Å². The summed E-state index contributed by atoms with van der Waals surface area (Å²) < 4.78 is 5.85. The van der Waals surface area contributed by atoms with Crippen molar-refractivity contribution < 1.29 is 4.74 Å². The Morgan fingerprint density at radius 3 is 2.79 bits per heavy atom. The molecule has 1 heterocycles. The lowest BCUT2D eigenvalue weighted by Gasteiger charge is -2.27. The van der Waals surface area contributed by atoms with Gasteiger partial charge < -0.3 is 10.1 Å². The molecule has 2 heteroatoms. The molecule has 2 rings (SSSR count). The molecular formula is C12H17NO. The van der Waals surface area contributed by atoms with E-state index in [4.69, 9.17) is 4.74 Å². The van der Waals surface area contributed by atoms with Crippen molar-refractivity contribution in [3.05, 3.63) is 23.3 Å². The number of anilines is 1. The van der Waals surface area contributed by atoms with E-state index in [2.05, 4.69) is 38.2 Å². The molecule has 14 heavy (non-hydrogen) atoms. The van der Waals surface area contributed by atoms with Crippen molar-refractivity contribution in [1.29, 1.82) is 0 Å². The Morgan fingerprint density at radius 1 is 1.36 bits per heavy atom. The maximum absolute atomic E-state index is 5.85. The van der Waals surface area contributed by atoms with Gasteiger partial charge in [0.05, 0.1) is 12.2 Å². The van der Waals surface area contributed by atoms with Crippen LogP contribution in [0.1, 0.15) is 24.5 Å². The van der Waals surface area contributed by atoms with Crippen molar-refractivity contribution in [2.45, 2.75) is 33.3 Å². The van der Waals surface area contributed by atoms with E-state index in [0.29, 0.717) is 6.10 Å². The van der Waals surface area contributed by atoms with Gasteiger partial charge in [0.25, 0.3) is 0 Å². The number of rotatable bonds is 1. The summed E-state index contributed by atoms with van der Waals surface area (Å²) in [6.45, 7) is 7.32. The molecule has 1 atom stereocenters. The van der Waals surface area contributed by atoms with Crippen LogP contribution >= 0.6 is 0 Å². The van der Waals surface area contributed by atoms with Crippen LogP contribution in [0.3, 0.4) is 0 Å². The van der Waals surface area contributed by atoms with Gasteiger partial charge in [-0.1, -0.05) is 6.92 Å². The first-order valence-electron chi connectivity index (χ1n) is 5.22. The van der Waals surface area contributed by atoms with E-state index in [1.165, 1.54) is 11.1 Å². The fraction of sp³-hybridized carbons (Fsp3) is 0.500. The Morgan fingerprint density at radius 2 is 2.07 bits per heavy atom. The largest absolute Gasteiger partial charge is 0.486 e. The van der Waals surface area contributed by atoms with Crippen LogP contribution in [0, 0.1) is 13.8 Å². The van der Waals surface area contributed by atoms with Gasteiger partial charge in [0.2, 0.25) is 0 Å². The molecule has 0 saturated carbocycles. The quantitative estimate of drug-likeness (QED) is 0.737. The van der Waals surface area contributed by atoms with Crippen molar-refractivity contribution in [2.24, 2.45) is 0 Å². The van der Waals surface area contributed by atoms with Crippen LogP contribution in [0.15, 0.2) is 12.1 Å². The molecule has 76 valence electrons. The molecule has 1 aliphatic rings. The van der Waals surface area contributed by atoms with Crippen LogP contribution in [-0.4, -0.2) is 12.6 Å². The van der Waals surface area contributed by atoms with Crippen molar-refractivity contribution in [1.82, 2.24) is 0 Å². The molecule has 0 fully saturated rings. The first-order chi connectivity index (χ1) is 6.70. The van der Waals surface area contributed by atoms with Gasteiger partial charge in [-0.05, 0) is 43.5 Å². The first-order valence-corrected chi connectivity index (χ1v) is 5.22. The Labute approximate surface area is 85.3 Å². The summed E-state index contributed by atoms with van der Waals surface area (Å²) in [5.41, 5.74) is 3.75. The average molecular weight is 191 g/mol. The van der Waals surface area contributed by atoms with Gasteiger partial charge in [0, 0.05) is 0 Å². The molecule has 0 aliphatic carbocycles. The second kappa shape index (κ2) is 3.52. The second-order valence-corrected chi connectivity index (χ2v) is 3.96. The normalized spacial score (nSPS) is 19.5. The van der Waals surface area contributed by atoms with Gasteiger partial charge in [0.15, 0.2) is 0 Å². The topological polar surface area (TPSA) is 21.3 Å². The molecule has 1 aliphatic heterocycles. The molecule has 0 spiro atoms.